The van der Waals surface area contributed by atoms with Crippen LogP contribution in [0.15, 0.2) is 53.6 Å². The first-order valence-corrected chi connectivity index (χ1v) is 11.7. The maximum atomic E-state index is 12.3. The van der Waals surface area contributed by atoms with Gasteiger partial charge in [-0.05, 0) is 59.9 Å². The second kappa shape index (κ2) is 10.8. The standard InChI is InChI=1S/C22H29N3O4S/c1-5-14-29-21-12-6-18(7-13-21)15-23-24-22(26)16-25(30(4,27)28)20-10-8-19(9-11-20)17(2)3/h6-13,15,17H,5,14,16H2,1-4H3,(H,24,26)/b23-15-. The molecule has 0 saturated heterocycles. The third-order valence-electron chi connectivity index (χ3n) is 4.29. The molecule has 30 heavy (non-hydrogen) atoms. The molecule has 0 spiro atoms. The molecular weight excluding hydrogens is 402 g/mol. The molecule has 0 heterocycles. The Hall–Kier alpha value is -2.87. The van der Waals surface area contributed by atoms with Gasteiger partial charge in [-0.1, -0.05) is 32.9 Å². The lowest BCUT2D eigenvalue weighted by Gasteiger charge is -2.21. The van der Waals surface area contributed by atoms with Gasteiger partial charge < -0.3 is 4.74 Å². The number of nitrogens with one attached hydrogen (secondary N) is 1. The van der Waals surface area contributed by atoms with Crippen molar-refractivity contribution in [2.24, 2.45) is 5.10 Å². The summed E-state index contributed by atoms with van der Waals surface area (Å²) in [5.41, 5.74) is 4.68. The molecule has 7 nitrogen and oxygen atoms in total. The predicted molar refractivity (Wildman–Crippen MR) is 121 cm³/mol. The van der Waals surface area contributed by atoms with E-state index >= 15 is 0 Å². The van der Waals surface area contributed by atoms with Gasteiger partial charge in [-0.25, -0.2) is 13.8 Å². The van der Waals surface area contributed by atoms with E-state index in [1.807, 2.05) is 43.3 Å². The fraction of sp³-hybridized carbons (Fsp3) is 0.364. The highest BCUT2D eigenvalue weighted by atomic mass is 32.2. The molecule has 0 fully saturated rings. The summed E-state index contributed by atoms with van der Waals surface area (Å²) >= 11 is 0. The van der Waals surface area contributed by atoms with Crippen molar-refractivity contribution in [2.45, 2.75) is 33.1 Å². The van der Waals surface area contributed by atoms with Crippen molar-refractivity contribution in [3.8, 4) is 5.75 Å². The molecule has 0 aliphatic heterocycles. The topological polar surface area (TPSA) is 88.1 Å². The number of rotatable bonds is 10. The predicted octanol–water partition coefficient (Wildman–Crippen LogP) is 3.52. The van der Waals surface area contributed by atoms with Gasteiger partial charge in [0.2, 0.25) is 10.0 Å². The van der Waals surface area contributed by atoms with Crippen molar-refractivity contribution in [1.82, 2.24) is 5.43 Å². The molecule has 0 bridgehead atoms. The van der Waals surface area contributed by atoms with Crippen molar-refractivity contribution < 1.29 is 17.9 Å². The maximum Gasteiger partial charge on any atom is 0.260 e. The van der Waals surface area contributed by atoms with Gasteiger partial charge in [0, 0.05) is 0 Å². The van der Waals surface area contributed by atoms with E-state index in [1.54, 1.807) is 12.1 Å². The summed E-state index contributed by atoms with van der Waals surface area (Å²) in [6.07, 6.45) is 3.49. The molecule has 2 aromatic carbocycles. The number of anilines is 1. The summed E-state index contributed by atoms with van der Waals surface area (Å²) in [6, 6.07) is 14.4. The monoisotopic (exact) mass is 431 g/mol. The van der Waals surface area contributed by atoms with Gasteiger partial charge >= 0.3 is 0 Å². The van der Waals surface area contributed by atoms with Gasteiger partial charge in [0.15, 0.2) is 0 Å². The van der Waals surface area contributed by atoms with Gasteiger partial charge in [-0.3, -0.25) is 9.10 Å². The second-order valence-corrected chi connectivity index (χ2v) is 9.13. The van der Waals surface area contributed by atoms with Crippen molar-refractivity contribution in [3.63, 3.8) is 0 Å². The Kier molecular flexibility index (Phi) is 8.41. The molecule has 8 heteroatoms. The average Bonchev–Trinajstić information content (AvgIpc) is 2.70. The second-order valence-electron chi connectivity index (χ2n) is 7.23. The Bertz CT molecular complexity index is 953. The average molecular weight is 432 g/mol. The third-order valence-corrected chi connectivity index (χ3v) is 5.43. The lowest BCUT2D eigenvalue weighted by Crippen LogP contribution is -2.39. The fourth-order valence-electron chi connectivity index (χ4n) is 2.64. The molecule has 0 unspecified atom stereocenters. The normalized spacial score (nSPS) is 11.6. The van der Waals surface area contributed by atoms with Crippen LogP contribution in [-0.2, 0) is 14.8 Å². The maximum absolute atomic E-state index is 12.3. The van der Waals surface area contributed by atoms with Crippen LogP contribution in [0.5, 0.6) is 5.75 Å². The number of carbonyl (C=O) groups is 1. The number of nitrogens with zero attached hydrogens (tertiary/aromatic N) is 2. The van der Waals surface area contributed by atoms with E-state index in [0.29, 0.717) is 18.2 Å². The highest BCUT2D eigenvalue weighted by molar-refractivity contribution is 7.92. The van der Waals surface area contributed by atoms with Crippen LogP contribution in [0, 0.1) is 0 Å². The Morgan fingerprint density at radius 1 is 1.13 bits per heavy atom. The summed E-state index contributed by atoms with van der Waals surface area (Å²) in [7, 11) is -3.63. The van der Waals surface area contributed by atoms with Crippen LogP contribution in [0.3, 0.4) is 0 Å². The first-order chi connectivity index (χ1) is 14.2. The zero-order valence-corrected chi connectivity index (χ0v) is 18.6. The molecular formula is C22H29N3O4S. The molecule has 0 saturated carbocycles. The van der Waals surface area contributed by atoms with E-state index in [2.05, 4.69) is 24.4 Å². The Labute approximate surface area is 178 Å². The highest BCUT2D eigenvalue weighted by Gasteiger charge is 2.20. The fourth-order valence-corrected chi connectivity index (χ4v) is 3.50. The quantitative estimate of drug-likeness (QED) is 0.461. The van der Waals surface area contributed by atoms with Crippen molar-refractivity contribution in [2.75, 3.05) is 23.7 Å². The summed E-state index contributed by atoms with van der Waals surface area (Å²) in [6.45, 7) is 6.44. The van der Waals surface area contributed by atoms with Crippen LogP contribution in [0.2, 0.25) is 0 Å². The number of hydrazone groups is 1. The molecule has 0 atom stereocenters. The first kappa shape index (κ1) is 23.4. The van der Waals surface area contributed by atoms with E-state index in [-0.39, 0.29) is 6.54 Å². The molecule has 0 aliphatic carbocycles. The van der Waals surface area contributed by atoms with E-state index < -0.39 is 15.9 Å². The van der Waals surface area contributed by atoms with Gasteiger partial charge in [-0.15, -0.1) is 0 Å². The molecule has 1 amide bonds. The Balaban J connectivity index is 2.00. The number of hydrogen-bond acceptors (Lipinski definition) is 5. The lowest BCUT2D eigenvalue weighted by atomic mass is 10.0. The van der Waals surface area contributed by atoms with E-state index in [1.165, 1.54) is 6.21 Å². The number of hydrogen-bond donors (Lipinski definition) is 1. The van der Waals surface area contributed by atoms with Crippen LogP contribution in [0.4, 0.5) is 5.69 Å². The van der Waals surface area contributed by atoms with Gasteiger partial charge in [0.05, 0.1) is 24.8 Å². The van der Waals surface area contributed by atoms with E-state index in [9.17, 15) is 13.2 Å². The smallest absolute Gasteiger partial charge is 0.260 e. The minimum atomic E-state index is -3.63. The van der Waals surface area contributed by atoms with Crippen LogP contribution >= 0.6 is 0 Å². The largest absolute Gasteiger partial charge is 0.494 e. The molecule has 0 radical (unpaired) electrons. The molecule has 2 aromatic rings. The number of ether oxygens (including phenoxy) is 1. The van der Waals surface area contributed by atoms with Crippen LogP contribution in [0.25, 0.3) is 0 Å². The minimum Gasteiger partial charge on any atom is -0.494 e. The molecule has 2 rings (SSSR count). The SMILES string of the molecule is CCCOc1ccc(/C=N\NC(=O)CN(c2ccc(C(C)C)cc2)S(C)(=O)=O)cc1. The minimum absolute atomic E-state index is 0.329. The number of benzene rings is 2. The molecule has 0 aliphatic rings. The van der Waals surface area contributed by atoms with Crippen molar-refractivity contribution in [3.05, 3.63) is 59.7 Å². The third kappa shape index (κ3) is 7.18. The van der Waals surface area contributed by atoms with E-state index in [4.69, 9.17) is 4.74 Å². The summed E-state index contributed by atoms with van der Waals surface area (Å²) < 4.78 is 30.9. The summed E-state index contributed by atoms with van der Waals surface area (Å²) in [5.74, 6) is 0.563. The number of amides is 1. The molecule has 162 valence electrons. The zero-order chi connectivity index (χ0) is 22.1. The number of carbonyl (C=O) groups excluding carboxylic acids is 1. The number of sulfonamides is 1. The summed E-state index contributed by atoms with van der Waals surface area (Å²) in [5, 5.41) is 3.91. The zero-order valence-electron chi connectivity index (χ0n) is 17.8. The molecule has 1 N–H and O–H groups in total. The first-order valence-electron chi connectivity index (χ1n) is 9.83. The summed E-state index contributed by atoms with van der Waals surface area (Å²) in [4.78, 5) is 12.3. The van der Waals surface area contributed by atoms with Gasteiger partial charge in [0.1, 0.15) is 12.3 Å². The van der Waals surface area contributed by atoms with E-state index in [0.717, 1.165) is 33.9 Å². The van der Waals surface area contributed by atoms with Gasteiger partial charge in [-0.2, -0.15) is 5.10 Å². The molecule has 0 aromatic heterocycles. The van der Waals surface area contributed by atoms with Crippen LogP contribution < -0.4 is 14.5 Å². The van der Waals surface area contributed by atoms with Gasteiger partial charge in [0.25, 0.3) is 5.91 Å². The highest BCUT2D eigenvalue weighted by Crippen LogP contribution is 2.21. The van der Waals surface area contributed by atoms with Crippen LogP contribution in [0.1, 0.15) is 44.2 Å². The van der Waals surface area contributed by atoms with Crippen molar-refractivity contribution in [1.29, 1.82) is 0 Å². The lowest BCUT2D eigenvalue weighted by molar-refractivity contribution is -0.119. The van der Waals surface area contributed by atoms with Crippen LogP contribution in [-0.4, -0.2) is 39.9 Å². The Morgan fingerprint density at radius 2 is 1.77 bits per heavy atom. The Morgan fingerprint density at radius 3 is 2.30 bits per heavy atom. The van der Waals surface area contributed by atoms with Crippen molar-refractivity contribution >= 4 is 27.8 Å².